The molecule has 11 aromatic rings. The number of hydrogen-bond donors (Lipinski definition) is 0. The van der Waals surface area contributed by atoms with Crippen molar-refractivity contribution in [2.75, 3.05) is 0 Å². The second-order valence-corrected chi connectivity index (χ2v) is 14.8. The van der Waals surface area contributed by atoms with Gasteiger partial charge in [-0.05, 0) is 68.9 Å². The molecule has 0 aliphatic rings. The lowest BCUT2D eigenvalue weighted by Crippen LogP contribution is -2.02. The van der Waals surface area contributed by atoms with Crippen LogP contribution in [0.15, 0.2) is 218 Å². The van der Waals surface area contributed by atoms with Crippen LogP contribution in [0.5, 0.6) is 0 Å². The standard InChI is InChI=1S/C55H36N4/c1-4-18-37(19-5-1)40-32-35-52-49(36-40)46-28-15-17-31-51(46)59(52)50-30-16-14-27-45(50)44-33-34-48(43-26-12-11-25-42(43)44)55-57-53(39-22-8-3-9-23-39)56-54(58-55)47-29-13-10-24-41(47)38-20-6-2-7-21-38/h1-36H. The topological polar surface area (TPSA) is 43.6 Å². The summed E-state index contributed by atoms with van der Waals surface area (Å²) in [6.07, 6.45) is 0. The molecule has 0 fully saturated rings. The predicted molar refractivity (Wildman–Crippen MR) is 244 cm³/mol. The minimum absolute atomic E-state index is 0.629. The van der Waals surface area contributed by atoms with Crippen LogP contribution in [-0.4, -0.2) is 19.5 Å². The molecule has 0 aliphatic carbocycles. The van der Waals surface area contributed by atoms with Crippen LogP contribution in [0, 0.1) is 0 Å². The van der Waals surface area contributed by atoms with Crippen LogP contribution >= 0.6 is 0 Å². The van der Waals surface area contributed by atoms with Crippen LogP contribution in [0.1, 0.15) is 0 Å². The van der Waals surface area contributed by atoms with E-state index in [-0.39, 0.29) is 0 Å². The molecule has 9 aromatic carbocycles. The summed E-state index contributed by atoms with van der Waals surface area (Å²) < 4.78 is 2.42. The molecule has 0 spiro atoms. The molecular weight excluding hydrogens is 717 g/mol. The van der Waals surface area contributed by atoms with Gasteiger partial charge in [-0.15, -0.1) is 0 Å². The van der Waals surface area contributed by atoms with E-state index in [0.29, 0.717) is 17.5 Å². The summed E-state index contributed by atoms with van der Waals surface area (Å²) in [4.78, 5) is 15.6. The van der Waals surface area contributed by atoms with Gasteiger partial charge in [-0.1, -0.05) is 188 Å². The van der Waals surface area contributed by atoms with Crippen LogP contribution in [0.2, 0.25) is 0 Å². The van der Waals surface area contributed by atoms with Gasteiger partial charge in [0, 0.05) is 33.0 Å². The number of para-hydroxylation sites is 2. The fourth-order valence-electron chi connectivity index (χ4n) is 8.55. The van der Waals surface area contributed by atoms with E-state index < -0.39 is 0 Å². The number of hydrogen-bond acceptors (Lipinski definition) is 3. The van der Waals surface area contributed by atoms with E-state index >= 15 is 0 Å². The normalized spacial score (nSPS) is 11.4. The van der Waals surface area contributed by atoms with Crippen molar-refractivity contribution in [3.05, 3.63) is 218 Å². The molecule has 0 N–H and O–H groups in total. The van der Waals surface area contributed by atoms with E-state index in [4.69, 9.17) is 15.0 Å². The van der Waals surface area contributed by atoms with Crippen molar-refractivity contribution >= 4 is 32.6 Å². The molecule has 0 bridgehead atoms. The Labute approximate surface area is 342 Å². The molecule has 59 heavy (non-hydrogen) atoms. The Balaban J connectivity index is 1.10. The van der Waals surface area contributed by atoms with Gasteiger partial charge in [-0.2, -0.15) is 0 Å². The van der Waals surface area contributed by atoms with E-state index in [0.717, 1.165) is 55.4 Å². The van der Waals surface area contributed by atoms with Crippen molar-refractivity contribution in [1.82, 2.24) is 19.5 Å². The lowest BCUT2D eigenvalue weighted by atomic mass is 9.93. The molecule has 0 amide bonds. The zero-order chi connectivity index (χ0) is 39.1. The third kappa shape index (κ3) is 6.06. The summed E-state index contributed by atoms with van der Waals surface area (Å²) in [5, 5.41) is 4.65. The Morgan fingerprint density at radius 1 is 0.254 bits per heavy atom. The Hall–Kier alpha value is -7.95. The quantitative estimate of drug-likeness (QED) is 0.163. The molecule has 276 valence electrons. The van der Waals surface area contributed by atoms with Crippen LogP contribution in [0.25, 0.3) is 106 Å². The first-order valence-electron chi connectivity index (χ1n) is 20.0. The zero-order valence-corrected chi connectivity index (χ0v) is 32.1. The molecule has 4 heteroatoms. The first-order valence-corrected chi connectivity index (χ1v) is 20.0. The lowest BCUT2D eigenvalue weighted by Gasteiger charge is -2.17. The van der Waals surface area contributed by atoms with Gasteiger partial charge in [0.2, 0.25) is 0 Å². The van der Waals surface area contributed by atoms with E-state index in [1.807, 2.05) is 24.3 Å². The monoisotopic (exact) mass is 752 g/mol. The minimum Gasteiger partial charge on any atom is -0.309 e. The summed E-state index contributed by atoms with van der Waals surface area (Å²) in [6, 6.07) is 77.0. The molecule has 0 radical (unpaired) electrons. The number of fused-ring (bicyclic) bond motifs is 4. The van der Waals surface area contributed by atoms with Crippen molar-refractivity contribution in [1.29, 1.82) is 0 Å². The van der Waals surface area contributed by atoms with Crippen LogP contribution < -0.4 is 0 Å². The third-order valence-corrected chi connectivity index (χ3v) is 11.3. The maximum Gasteiger partial charge on any atom is 0.164 e. The summed E-state index contributed by atoms with van der Waals surface area (Å²) >= 11 is 0. The highest BCUT2D eigenvalue weighted by molar-refractivity contribution is 6.12. The van der Waals surface area contributed by atoms with Gasteiger partial charge >= 0.3 is 0 Å². The number of benzene rings is 9. The van der Waals surface area contributed by atoms with Crippen molar-refractivity contribution < 1.29 is 0 Å². The van der Waals surface area contributed by atoms with Crippen LogP contribution in [0.3, 0.4) is 0 Å². The van der Waals surface area contributed by atoms with Gasteiger partial charge < -0.3 is 4.57 Å². The number of rotatable bonds is 7. The first-order chi connectivity index (χ1) is 29.3. The summed E-state index contributed by atoms with van der Waals surface area (Å²) in [5.74, 6) is 1.90. The van der Waals surface area contributed by atoms with Crippen LogP contribution in [0.4, 0.5) is 0 Å². The van der Waals surface area contributed by atoms with Crippen molar-refractivity contribution in [2.24, 2.45) is 0 Å². The van der Waals surface area contributed by atoms with Crippen LogP contribution in [-0.2, 0) is 0 Å². The Bertz CT molecular complexity index is 3320. The van der Waals surface area contributed by atoms with Gasteiger partial charge in [-0.3, -0.25) is 0 Å². The SMILES string of the molecule is c1ccc(-c2ccc3c(c2)c2ccccc2n3-c2ccccc2-c2ccc(-c3nc(-c4ccccc4)nc(-c4ccccc4-c4ccccc4)n3)c3ccccc23)cc1. The second-order valence-electron chi connectivity index (χ2n) is 14.8. The molecule has 0 saturated heterocycles. The lowest BCUT2D eigenvalue weighted by molar-refractivity contribution is 1.08. The summed E-state index contributed by atoms with van der Waals surface area (Å²) in [5.41, 5.74) is 13.2. The fourth-order valence-corrected chi connectivity index (χ4v) is 8.55. The molecular formula is C55H36N4. The van der Waals surface area contributed by atoms with E-state index in [1.54, 1.807) is 0 Å². The fraction of sp³-hybridized carbons (Fsp3) is 0. The van der Waals surface area contributed by atoms with Gasteiger partial charge in [0.1, 0.15) is 0 Å². The molecule has 2 aromatic heterocycles. The Morgan fingerprint density at radius 3 is 1.47 bits per heavy atom. The predicted octanol–water partition coefficient (Wildman–Crippen LogP) is 14.1. The van der Waals surface area contributed by atoms with Gasteiger partial charge in [0.05, 0.1) is 16.7 Å². The van der Waals surface area contributed by atoms with Crippen molar-refractivity contribution in [3.8, 4) is 73.2 Å². The molecule has 0 saturated carbocycles. The van der Waals surface area contributed by atoms with Gasteiger partial charge in [-0.25, -0.2) is 15.0 Å². The molecule has 4 nitrogen and oxygen atoms in total. The maximum atomic E-state index is 5.27. The summed E-state index contributed by atoms with van der Waals surface area (Å²) in [6.45, 7) is 0. The largest absolute Gasteiger partial charge is 0.309 e. The van der Waals surface area contributed by atoms with E-state index in [2.05, 4.69) is 199 Å². The van der Waals surface area contributed by atoms with E-state index in [9.17, 15) is 0 Å². The third-order valence-electron chi connectivity index (χ3n) is 11.3. The van der Waals surface area contributed by atoms with Gasteiger partial charge in [0.25, 0.3) is 0 Å². The number of aromatic nitrogens is 4. The Morgan fingerprint density at radius 2 is 0.746 bits per heavy atom. The highest BCUT2D eigenvalue weighted by Crippen LogP contribution is 2.42. The smallest absolute Gasteiger partial charge is 0.164 e. The second kappa shape index (κ2) is 14.5. The molecule has 2 heterocycles. The minimum atomic E-state index is 0.629. The highest BCUT2D eigenvalue weighted by Gasteiger charge is 2.20. The molecule has 0 atom stereocenters. The molecule has 0 unspecified atom stereocenters. The van der Waals surface area contributed by atoms with Crippen molar-refractivity contribution in [3.63, 3.8) is 0 Å². The van der Waals surface area contributed by atoms with E-state index in [1.165, 1.54) is 32.9 Å². The Kier molecular flexibility index (Phi) is 8.45. The molecule has 11 rings (SSSR count). The average molecular weight is 753 g/mol. The average Bonchev–Trinajstić information content (AvgIpc) is 3.65. The maximum absolute atomic E-state index is 5.27. The molecule has 0 aliphatic heterocycles. The number of nitrogens with zero attached hydrogens (tertiary/aromatic N) is 4. The highest BCUT2D eigenvalue weighted by atomic mass is 15.0. The van der Waals surface area contributed by atoms with Crippen molar-refractivity contribution in [2.45, 2.75) is 0 Å². The van der Waals surface area contributed by atoms with Gasteiger partial charge in [0.15, 0.2) is 17.5 Å². The zero-order valence-electron chi connectivity index (χ0n) is 32.1. The summed E-state index contributed by atoms with van der Waals surface area (Å²) in [7, 11) is 0. The first kappa shape index (κ1) is 34.3.